The van der Waals surface area contributed by atoms with Gasteiger partial charge in [-0.3, -0.25) is 43.6 Å². The van der Waals surface area contributed by atoms with Gasteiger partial charge in [0.15, 0.2) is 0 Å². The van der Waals surface area contributed by atoms with Crippen LogP contribution in [0.5, 0.6) is 0 Å². The number of imide groups is 1. The number of fused-ring (bicyclic) bond motifs is 3. The van der Waals surface area contributed by atoms with Gasteiger partial charge in [-0.1, -0.05) is 78.9 Å². The molecule has 1 saturated carbocycles. The Hall–Kier alpha value is -5.15. The minimum absolute atomic E-state index is 0. The van der Waals surface area contributed by atoms with Crippen molar-refractivity contribution in [2.45, 2.75) is 94.5 Å². The Kier molecular flexibility index (Phi) is 14.2. The fourth-order valence-corrected chi connectivity index (χ4v) is 8.82. The molecule has 5 amide bonds. The average Bonchev–Trinajstić information content (AvgIpc) is 3.59. The number of para-hydroxylation sites is 1. The Bertz CT molecular complexity index is 2210. The fourth-order valence-electron chi connectivity index (χ4n) is 8.82. The first-order valence-corrected chi connectivity index (χ1v) is 19.8. The number of amides is 5. The van der Waals surface area contributed by atoms with E-state index in [-0.39, 0.29) is 72.6 Å². The summed E-state index contributed by atoms with van der Waals surface area (Å²) < 4.78 is 1.31. The fraction of sp³-hybridized carbons (Fsp3) is 0.386. The van der Waals surface area contributed by atoms with Crippen molar-refractivity contribution in [3.63, 3.8) is 0 Å². The zero-order valence-corrected chi connectivity index (χ0v) is 35.3. The summed E-state index contributed by atoms with van der Waals surface area (Å²) in [5.74, 6) is -4.49. The smallest absolute Gasteiger partial charge is 0.550 e. The summed E-state index contributed by atoms with van der Waals surface area (Å²) in [6.07, 6.45) is 3.75. The summed E-state index contributed by atoms with van der Waals surface area (Å²) in [5, 5.41) is 19.8. The number of carbonyl (C=O) groups is 7. The first-order valence-electron chi connectivity index (χ1n) is 19.8. The first kappa shape index (κ1) is 43.4. The number of carbonyl (C=O) groups excluding carboxylic acids is 7. The molecule has 15 heteroatoms. The number of carboxylic acids is 1. The Morgan fingerprint density at radius 2 is 1.47 bits per heavy atom. The largest absolute Gasteiger partial charge is 1.00 e. The molecule has 4 unspecified atom stereocenters. The summed E-state index contributed by atoms with van der Waals surface area (Å²) in [6, 6.07) is 22.0. The normalized spacial score (nSPS) is 20.5. The summed E-state index contributed by atoms with van der Waals surface area (Å²) in [7, 11) is 1.80. The van der Waals surface area contributed by atoms with Gasteiger partial charge in [-0.2, -0.15) is 0 Å². The molecule has 59 heavy (non-hydrogen) atoms. The Balaban J connectivity index is 0.00000585. The van der Waals surface area contributed by atoms with E-state index in [0.717, 1.165) is 36.8 Å². The topological polar surface area (TPSA) is 190 Å². The number of aliphatic carboxylic acids is 1. The molecule has 4 fully saturated rings. The van der Waals surface area contributed by atoms with E-state index in [9.17, 15) is 38.7 Å². The minimum Gasteiger partial charge on any atom is -0.550 e. The van der Waals surface area contributed by atoms with E-state index in [2.05, 4.69) is 16.0 Å². The third-order valence-corrected chi connectivity index (χ3v) is 11.7. The molecular weight excluding hydrogens is 764 g/mol. The second-order valence-corrected chi connectivity index (χ2v) is 15.6. The number of nitrogens with one attached hydrogen (secondary N) is 3. The zero-order valence-electron chi connectivity index (χ0n) is 33.3. The SMILES string of the molecule is CN(Cc1ccccc1)C(Cc1ccccc1)C(=O)NC(=O)C(Cc1cn(C(=O)CCC(=O)[O-])c2ccccc12)NC(=O)CC1NC(=O)C2C3CCC(CC3)N2C1=O.[Na+]. The molecule has 3 aromatic carbocycles. The number of carboxylic acid groups (broad SMARTS) is 1. The van der Waals surface area contributed by atoms with Gasteiger partial charge in [0.1, 0.15) is 18.1 Å². The zero-order chi connectivity index (χ0) is 40.9. The first-order chi connectivity index (χ1) is 28.0. The Morgan fingerprint density at radius 3 is 2.15 bits per heavy atom. The standard InChI is InChI=1S/C44H48N6O8.Na/c1-48(25-28-12-6-3-7-13-28)36(22-27-10-4-2-5-11-27)42(56)47-41(55)33(23-30-26-49(38(52)20-21-39(53)54)35-15-9-8-14-32(30)35)45-37(51)24-34-44(58)50-31-18-16-29(17-19-31)40(50)43(57)46-34;/h2-15,26,29,31,33-34,36,40H,16-25H2,1H3,(H,45,51)(H,46,57)(H,53,54)(H,47,55,56);/q;+1/p-1. The quantitative estimate of drug-likeness (QED) is 0.125. The van der Waals surface area contributed by atoms with Crippen LogP contribution in [0.15, 0.2) is 91.1 Å². The van der Waals surface area contributed by atoms with Crippen molar-refractivity contribution in [3.8, 4) is 0 Å². The maximum Gasteiger partial charge on any atom is 1.00 e. The van der Waals surface area contributed by atoms with Crippen molar-refractivity contribution in [3.05, 3.63) is 108 Å². The number of rotatable bonds is 15. The van der Waals surface area contributed by atoms with E-state index in [4.69, 9.17) is 0 Å². The molecule has 1 aliphatic carbocycles. The number of nitrogens with zero attached hydrogens (tertiary/aromatic N) is 3. The van der Waals surface area contributed by atoms with E-state index in [1.807, 2.05) is 65.6 Å². The van der Waals surface area contributed by atoms with Gasteiger partial charge in [0.05, 0.1) is 18.0 Å². The second-order valence-electron chi connectivity index (χ2n) is 15.6. The van der Waals surface area contributed by atoms with Crippen LogP contribution in [0.3, 0.4) is 0 Å². The number of piperazine rings is 1. The third kappa shape index (κ3) is 10.0. The molecule has 3 N–H and O–H groups in total. The van der Waals surface area contributed by atoms with Crippen LogP contribution in [-0.4, -0.2) is 93.0 Å². The molecule has 8 rings (SSSR count). The van der Waals surface area contributed by atoms with Crippen molar-refractivity contribution < 1.29 is 68.2 Å². The Labute approximate surface area is 364 Å². The van der Waals surface area contributed by atoms with E-state index in [1.54, 1.807) is 36.2 Å². The molecular formula is C44H47N6NaO8. The van der Waals surface area contributed by atoms with Crippen molar-refractivity contribution in [1.29, 1.82) is 0 Å². The van der Waals surface area contributed by atoms with Crippen LogP contribution in [0, 0.1) is 5.92 Å². The maximum atomic E-state index is 14.3. The molecule has 3 aliphatic heterocycles. The summed E-state index contributed by atoms with van der Waals surface area (Å²) in [6.45, 7) is 0.409. The Morgan fingerprint density at radius 1 is 0.831 bits per heavy atom. The van der Waals surface area contributed by atoms with Crippen LogP contribution in [0.2, 0.25) is 0 Å². The van der Waals surface area contributed by atoms with Crippen LogP contribution < -0.4 is 50.6 Å². The van der Waals surface area contributed by atoms with Gasteiger partial charge in [0.2, 0.25) is 35.4 Å². The van der Waals surface area contributed by atoms with Crippen molar-refractivity contribution in [2.75, 3.05) is 7.05 Å². The van der Waals surface area contributed by atoms with Crippen molar-refractivity contribution in [1.82, 2.24) is 30.3 Å². The summed E-state index contributed by atoms with van der Waals surface area (Å²) >= 11 is 0. The van der Waals surface area contributed by atoms with Gasteiger partial charge in [-0.15, -0.1) is 0 Å². The molecule has 1 aromatic heterocycles. The van der Waals surface area contributed by atoms with Crippen LogP contribution in [-0.2, 0) is 48.2 Å². The molecule has 4 aliphatic rings. The molecule has 4 atom stereocenters. The average molecular weight is 811 g/mol. The number of piperidine rings is 2. The molecule has 0 spiro atoms. The van der Waals surface area contributed by atoms with Crippen molar-refractivity contribution in [2.24, 2.45) is 5.92 Å². The summed E-state index contributed by atoms with van der Waals surface area (Å²) in [5.41, 5.74) is 2.78. The molecule has 4 aromatic rings. The van der Waals surface area contributed by atoms with Crippen LogP contribution >= 0.6 is 0 Å². The molecule has 302 valence electrons. The minimum atomic E-state index is -1.37. The second kappa shape index (κ2) is 19.3. The van der Waals surface area contributed by atoms with Gasteiger partial charge < -0.3 is 25.4 Å². The monoisotopic (exact) mass is 810 g/mol. The van der Waals surface area contributed by atoms with Crippen LogP contribution in [0.25, 0.3) is 10.9 Å². The number of likely N-dealkylation sites (N-methyl/N-ethyl adjacent to an activating group) is 1. The number of benzene rings is 3. The predicted molar refractivity (Wildman–Crippen MR) is 210 cm³/mol. The molecule has 2 bridgehead atoms. The van der Waals surface area contributed by atoms with E-state index in [0.29, 0.717) is 23.0 Å². The summed E-state index contributed by atoms with van der Waals surface area (Å²) in [4.78, 5) is 97.2. The van der Waals surface area contributed by atoms with Gasteiger partial charge in [-0.25, -0.2) is 0 Å². The molecule has 14 nitrogen and oxygen atoms in total. The van der Waals surface area contributed by atoms with Crippen LogP contribution in [0.1, 0.15) is 66.4 Å². The van der Waals surface area contributed by atoms with Crippen LogP contribution in [0.4, 0.5) is 0 Å². The number of aromatic nitrogens is 1. The van der Waals surface area contributed by atoms with E-state index < -0.39 is 66.6 Å². The van der Waals surface area contributed by atoms with Gasteiger partial charge in [-0.05, 0) is 74.2 Å². The maximum absolute atomic E-state index is 14.3. The van der Waals surface area contributed by atoms with Gasteiger partial charge in [0, 0.05) is 43.0 Å². The predicted octanol–water partition coefficient (Wildman–Crippen LogP) is -1.11. The molecule has 3 saturated heterocycles. The van der Waals surface area contributed by atoms with Gasteiger partial charge in [0.25, 0.3) is 0 Å². The third-order valence-electron chi connectivity index (χ3n) is 11.7. The van der Waals surface area contributed by atoms with E-state index >= 15 is 0 Å². The molecule has 4 heterocycles. The van der Waals surface area contributed by atoms with E-state index in [1.165, 1.54) is 10.8 Å². The van der Waals surface area contributed by atoms with Crippen molar-refractivity contribution >= 4 is 52.3 Å². The number of hydrogen-bond donors (Lipinski definition) is 3. The molecule has 0 radical (unpaired) electrons. The number of hydrogen-bond acceptors (Lipinski definition) is 9. The van der Waals surface area contributed by atoms with Gasteiger partial charge >= 0.3 is 29.6 Å².